The summed E-state index contributed by atoms with van der Waals surface area (Å²) in [5.74, 6) is 0. The van der Waals surface area contributed by atoms with E-state index in [0.29, 0.717) is 0 Å². The lowest BCUT2D eigenvalue weighted by atomic mass is 10.4. The topological polar surface area (TPSA) is 27.0 Å². The average Bonchev–Trinajstić information content (AvgIpc) is 2.10. The zero-order valence-corrected chi connectivity index (χ0v) is 9.52. The van der Waals surface area contributed by atoms with Crippen molar-refractivity contribution < 1.29 is 0 Å². The Bertz CT molecular complexity index is 84.3. The minimum absolute atomic E-state index is 1.17. The third-order valence-corrected chi connectivity index (χ3v) is 1.15. The van der Waals surface area contributed by atoms with Crippen molar-refractivity contribution in [1.29, 1.82) is 5.26 Å². The quantitative estimate of drug-likeness (QED) is 0.654. The summed E-state index contributed by atoms with van der Waals surface area (Å²) in [6.45, 7) is 12.2. The molecule has 0 saturated heterocycles. The predicted molar refractivity (Wildman–Crippen MR) is 56.1 cm³/mol. The predicted octanol–water partition coefficient (Wildman–Crippen LogP) is 2.90. The SMILES string of the molecule is CC.CC#N.CCCN(C)CC. The van der Waals surface area contributed by atoms with Crippen LogP contribution in [0.4, 0.5) is 0 Å². The fraction of sp³-hybridized carbons (Fsp3) is 0.900. The number of hydrogen-bond acceptors (Lipinski definition) is 2. The van der Waals surface area contributed by atoms with Gasteiger partial charge in [0.25, 0.3) is 0 Å². The second-order valence-corrected chi connectivity index (χ2v) is 2.12. The Morgan fingerprint density at radius 3 is 1.67 bits per heavy atom. The van der Waals surface area contributed by atoms with Crippen LogP contribution in [0.25, 0.3) is 0 Å². The summed E-state index contributed by atoms with van der Waals surface area (Å²) in [5, 5.41) is 7.32. The van der Waals surface area contributed by atoms with Crippen LogP contribution in [-0.2, 0) is 0 Å². The van der Waals surface area contributed by atoms with Gasteiger partial charge in [0.1, 0.15) is 0 Å². The van der Waals surface area contributed by atoms with Gasteiger partial charge in [0.15, 0.2) is 0 Å². The van der Waals surface area contributed by atoms with Crippen molar-refractivity contribution in [2.75, 3.05) is 20.1 Å². The summed E-state index contributed by atoms with van der Waals surface area (Å²) < 4.78 is 0. The molecule has 0 atom stereocenters. The van der Waals surface area contributed by atoms with Gasteiger partial charge in [-0.1, -0.05) is 27.7 Å². The molecule has 0 spiro atoms. The van der Waals surface area contributed by atoms with Crippen molar-refractivity contribution in [2.24, 2.45) is 0 Å². The number of nitrogens with zero attached hydrogens (tertiary/aromatic N) is 2. The van der Waals surface area contributed by atoms with Crippen molar-refractivity contribution in [3.8, 4) is 6.07 Å². The first-order valence-electron chi connectivity index (χ1n) is 4.72. The number of hydrogen-bond donors (Lipinski definition) is 0. The minimum atomic E-state index is 1.17. The molecule has 2 nitrogen and oxygen atoms in total. The second kappa shape index (κ2) is 22.4. The molecule has 12 heavy (non-hydrogen) atoms. The molecule has 0 aliphatic rings. The van der Waals surface area contributed by atoms with Crippen LogP contribution in [0, 0.1) is 11.3 Å². The largest absolute Gasteiger partial charge is 0.307 e. The first-order chi connectivity index (χ1) is 5.72. The molecule has 0 aromatic rings. The van der Waals surface area contributed by atoms with E-state index in [9.17, 15) is 0 Å². The molecule has 0 radical (unpaired) electrons. The van der Waals surface area contributed by atoms with Crippen molar-refractivity contribution >= 4 is 0 Å². The van der Waals surface area contributed by atoms with E-state index in [-0.39, 0.29) is 0 Å². The maximum absolute atomic E-state index is 7.32. The molecular formula is C10H24N2. The first kappa shape index (κ1) is 17.5. The highest BCUT2D eigenvalue weighted by Crippen LogP contribution is 1.82. The molecule has 0 amide bonds. The highest BCUT2D eigenvalue weighted by molar-refractivity contribution is 4.51. The summed E-state index contributed by atoms with van der Waals surface area (Å²) in [7, 11) is 2.14. The van der Waals surface area contributed by atoms with E-state index >= 15 is 0 Å². The maximum atomic E-state index is 7.32. The molecule has 0 saturated carbocycles. The summed E-state index contributed by atoms with van der Waals surface area (Å²) >= 11 is 0. The van der Waals surface area contributed by atoms with Crippen LogP contribution in [-0.4, -0.2) is 25.0 Å². The Hall–Kier alpha value is -0.550. The van der Waals surface area contributed by atoms with Gasteiger partial charge < -0.3 is 4.90 Å². The smallest absolute Gasteiger partial charge is 0.0587 e. The molecule has 2 heteroatoms. The van der Waals surface area contributed by atoms with Gasteiger partial charge in [-0.3, -0.25) is 0 Å². The monoisotopic (exact) mass is 172 g/mol. The summed E-state index contributed by atoms with van der Waals surface area (Å²) in [4.78, 5) is 2.31. The minimum Gasteiger partial charge on any atom is -0.307 e. The Morgan fingerprint density at radius 1 is 1.25 bits per heavy atom. The van der Waals surface area contributed by atoms with Gasteiger partial charge in [0.2, 0.25) is 0 Å². The van der Waals surface area contributed by atoms with Gasteiger partial charge in [0.05, 0.1) is 6.07 Å². The molecule has 0 unspecified atom stereocenters. The lowest BCUT2D eigenvalue weighted by Gasteiger charge is -2.10. The molecule has 0 fully saturated rings. The van der Waals surface area contributed by atoms with E-state index in [1.165, 1.54) is 26.4 Å². The molecule has 74 valence electrons. The van der Waals surface area contributed by atoms with Crippen LogP contribution in [0.3, 0.4) is 0 Å². The third-order valence-electron chi connectivity index (χ3n) is 1.15. The molecule has 0 bridgehead atoms. The van der Waals surface area contributed by atoms with Gasteiger partial charge in [0, 0.05) is 6.92 Å². The highest BCUT2D eigenvalue weighted by Gasteiger charge is 1.86. The van der Waals surface area contributed by atoms with Gasteiger partial charge in [-0.2, -0.15) is 5.26 Å². The summed E-state index contributed by atoms with van der Waals surface area (Å²) in [5.41, 5.74) is 0. The lowest BCUT2D eigenvalue weighted by Crippen LogP contribution is -2.17. The molecule has 0 rings (SSSR count). The van der Waals surface area contributed by atoms with Gasteiger partial charge in [-0.15, -0.1) is 0 Å². The Kier molecular flexibility index (Phi) is 32.7. The molecule has 0 N–H and O–H groups in total. The van der Waals surface area contributed by atoms with Crippen molar-refractivity contribution in [2.45, 2.75) is 41.0 Å². The van der Waals surface area contributed by atoms with Gasteiger partial charge in [-0.05, 0) is 26.6 Å². The second-order valence-electron chi connectivity index (χ2n) is 2.12. The van der Waals surface area contributed by atoms with Crippen LogP contribution < -0.4 is 0 Å². The van der Waals surface area contributed by atoms with E-state index in [2.05, 4.69) is 25.8 Å². The molecule has 0 aliphatic heterocycles. The lowest BCUT2D eigenvalue weighted by molar-refractivity contribution is 0.353. The fourth-order valence-corrected chi connectivity index (χ4v) is 0.540. The Morgan fingerprint density at radius 2 is 1.58 bits per heavy atom. The highest BCUT2D eigenvalue weighted by atomic mass is 15.1. The van der Waals surface area contributed by atoms with E-state index in [1.807, 2.05) is 13.8 Å². The standard InChI is InChI=1S/C6H15N.C2H3N.C2H6/c1-4-6-7(3)5-2;1-2-3;1-2/h4-6H2,1-3H3;1H3;1-2H3. The molecule has 0 aromatic carbocycles. The fourth-order valence-electron chi connectivity index (χ4n) is 0.540. The van der Waals surface area contributed by atoms with Crippen LogP contribution in [0.2, 0.25) is 0 Å². The Balaban J connectivity index is -0.000000137. The van der Waals surface area contributed by atoms with E-state index in [1.54, 1.807) is 6.07 Å². The van der Waals surface area contributed by atoms with Crippen LogP contribution in [0.15, 0.2) is 0 Å². The molecule has 0 aliphatic carbocycles. The zero-order valence-electron chi connectivity index (χ0n) is 9.52. The van der Waals surface area contributed by atoms with Crippen molar-refractivity contribution in [3.63, 3.8) is 0 Å². The van der Waals surface area contributed by atoms with E-state index in [4.69, 9.17) is 5.26 Å². The molecular weight excluding hydrogens is 148 g/mol. The number of rotatable bonds is 3. The molecule has 0 aromatic heterocycles. The summed E-state index contributed by atoms with van der Waals surface area (Å²) in [6.07, 6.45) is 1.27. The molecule has 0 heterocycles. The van der Waals surface area contributed by atoms with Crippen LogP contribution >= 0.6 is 0 Å². The van der Waals surface area contributed by atoms with Crippen molar-refractivity contribution in [1.82, 2.24) is 4.90 Å². The normalized spacial score (nSPS) is 7.17. The Labute approximate surface area is 78.2 Å². The van der Waals surface area contributed by atoms with Gasteiger partial charge >= 0.3 is 0 Å². The third kappa shape index (κ3) is 34.1. The van der Waals surface area contributed by atoms with Crippen LogP contribution in [0.5, 0.6) is 0 Å². The van der Waals surface area contributed by atoms with E-state index < -0.39 is 0 Å². The number of nitriles is 1. The van der Waals surface area contributed by atoms with Crippen LogP contribution in [0.1, 0.15) is 41.0 Å². The van der Waals surface area contributed by atoms with E-state index in [0.717, 1.165) is 0 Å². The maximum Gasteiger partial charge on any atom is 0.0587 e. The van der Waals surface area contributed by atoms with Crippen molar-refractivity contribution in [3.05, 3.63) is 0 Å². The average molecular weight is 172 g/mol. The van der Waals surface area contributed by atoms with Gasteiger partial charge in [-0.25, -0.2) is 0 Å². The first-order valence-corrected chi connectivity index (χ1v) is 4.72. The summed E-state index contributed by atoms with van der Waals surface area (Å²) in [6, 6.07) is 1.75. The zero-order chi connectivity index (χ0) is 10.4.